The lowest BCUT2D eigenvalue weighted by Crippen LogP contribution is -2.23. The summed E-state index contributed by atoms with van der Waals surface area (Å²) in [6.45, 7) is 5.98. The van der Waals surface area contributed by atoms with Crippen molar-refractivity contribution in [1.82, 2.24) is 10.2 Å². The summed E-state index contributed by atoms with van der Waals surface area (Å²) in [6.07, 6.45) is 0.275. The summed E-state index contributed by atoms with van der Waals surface area (Å²) in [5, 5.41) is 12.4. The monoisotopic (exact) mass is 304 g/mol. The Hall–Kier alpha value is -1.79. The van der Waals surface area contributed by atoms with E-state index in [1.165, 1.54) is 11.3 Å². The number of nitrogens with zero attached hydrogens (tertiary/aromatic N) is 2. The number of hydrogen-bond donors (Lipinski definition) is 2. The minimum atomic E-state index is -0.247. The molecule has 0 saturated heterocycles. The second-order valence-electron chi connectivity index (χ2n) is 5.63. The number of anilines is 1. The van der Waals surface area contributed by atoms with Gasteiger partial charge < -0.3 is 11.1 Å². The van der Waals surface area contributed by atoms with Gasteiger partial charge in [0.15, 0.2) is 0 Å². The maximum absolute atomic E-state index is 11.7. The Labute approximate surface area is 128 Å². The number of amides is 1. The van der Waals surface area contributed by atoms with E-state index in [2.05, 4.69) is 41.5 Å². The van der Waals surface area contributed by atoms with Crippen molar-refractivity contribution >= 4 is 22.4 Å². The molecule has 1 unspecified atom stereocenters. The Kier molecular flexibility index (Phi) is 4.69. The van der Waals surface area contributed by atoms with Crippen LogP contribution >= 0.6 is 11.3 Å². The van der Waals surface area contributed by atoms with Crippen molar-refractivity contribution in [3.05, 3.63) is 40.9 Å². The maximum atomic E-state index is 11.7. The molecular weight excluding hydrogens is 284 g/mol. The average molecular weight is 304 g/mol. The van der Waals surface area contributed by atoms with Gasteiger partial charge in [-0.3, -0.25) is 4.79 Å². The smallest absolute Gasteiger partial charge is 0.227 e. The van der Waals surface area contributed by atoms with Crippen LogP contribution in [0.15, 0.2) is 30.3 Å². The van der Waals surface area contributed by atoms with Gasteiger partial charge in [-0.15, -0.1) is 10.2 Å². The number of aromatic nitrogens is 2. The van der Waals surface area contributed by atoms with Crippen LogP contribution in [0.4, 0.5) is 5.13 Å². The molecule has 3 N–H and O–H groups in total. The average Bonchev–Trinajstić information content (AvgIpc) is 2.88. The number of carbonyl (C=O) groups is 1. The molecule has 0 aliphatic rings. The van der Waals surface area contributed by atoms with E-state index in [-0.39, 0.29) is 23.8 Å². The van der Waals surface area contributed by atoms with Crippen molar-refractivity contribution in [2.24, 2.45) is 5.73 Å². The molecule has 2 rings (SSSR count). The van der Waals surface area contributed by atoms with Crippen LogP contribution < -0.4 is 11.1 Å². The van der Waals surface area contributed by atoms with E-state index in [1.807, 2.05) is 18.2 Å². The molecule has 1 aromatic carbocycles. The van der Waals surface area contributed by atoms with Crippen LogP contribution in [0.2, 0.25) is 0 Å². The summed E-state index contributed by atoms with van der Waals surface area (Å²) in [7, 11) is 0. The molecule has 0 saturated carbocycles. The molecule has 1 amide bonds. The van der Waals surface area contributed by atoms with Gasteiger partial charge in [0.1, 0.15) is 5.01 Å². The number of nitrogens with two attached hydrogens (primary N) is 1. The molecule has 21 heavy (non-hydrogen) atoms. The Balaban J connectivity index is 2.14. The number of rotatable bonds is 5. The summed E-state index contributed by atoms with van der Waals surface area (Å²) in [5.41, 5.74) is 6.52. The van der Waals surface area contributed by atoms with Crippen molar-refractivity contribution in [3.63, 3.8) is 0 Å². The lowest BCUT2D eigenvalue weighted by Gasteiger charge is -2.21. The largest absolute Gasteiger partial charge is 0.327 e. The molecule has 2 aromatic rings. The van der Waals surface area contributed by atoms with E-state index in [1.54, 1.807) is 6.92 Å². The molecule has 0 bridgehead atoms. The van der Waals surface area contributed by atoms with Crippen molar-refractivity contribution < 1.29 is 4.79 Å². The predicted molar refractivity (Wildman–Crippen MR) is 85.4 cm³/mol. The van der Waals surface area contributed by atoms with E-state index in [0.717, 1.165) is 10.6 Å². The van der Waals surface area contributed by atoms with E-state index < -0.39 is 0 Å². The summed E-state index contributed by atoms with van der Waals surface area (Å²) >= 11 is 1.40. The van der Waals surface area contributed by atoms with Gasteiger partial charge in [-0.2, -0.15) is 0 Å². The number of carbonyl (C=O) groups excluding carboxylic acids is 1. The van der Waals surface area contributed by atoms with Crippen LogP contribution in [-0.4, -0.2) is 22.1 Å². The third-order valence-electron chi connectivity index (χ3n) is 3.21. The SMILES string of the molecule is CC(N)CC(=O)Nc1nnc(C(C)(C)c2ccccc2)s1. The molecule has 112 valence electrons. The van der Waals surface area contributed by atoms with Gasteiger partial charge in [-0.1, -0.05) is 41.7 Å². The van der Waals surface area contributed by atoms with E-state index in [0.29, 0.717) is 5.13 Å². The Bertz CT molecular complexity index is 607. The first-order valence-electron chi connectivity index (χ1n) is 6.84. The summed E-state index contributed by atoms with van der Waals surface area (Å²) in [4.78, 5) is 11.7. The molecule has 5 nitrogen and oxygen atoms in total. The Morgan fingerprint density at radius 2 is 2.00 bits per heavy atom. The summed E-state index contributed by atoms with van der Waals surface area (Å²) in [5.74, 6) is -0.134. The zero-order chi connectivity index (χ0) is 15.5. The van der Waals surface area contributed by atoms with Gasteiger partial charge >= 0.3 is 0 Å². The van der Waals surface area contributed by atoms with E-state index in [4.69, 9.17) is 5.73 Å². The molecule has 0 aliphatic heterocycles. The van der Waals surface area contributed by atoms with Crippen molar-refractivity contribution in [1.29, 1.82) is 0 Å². The van der Waals surface area contributed by atoms with Crippen molar-refractivity contribution in [2.45, 2.75) is 38.6 Å². The van der Waals surface area contributed by atoms with Gasteiger partial charge in [0, 0.05) is 17.9 Å². The Morgan fingerprint density at radius 1 is 1.33 bits per heavy atom. The van der Waals surface area contributed by atoms with Gasteiger partial charge in [0.05, 0.1) is 0 Å². The molecule has 6 heteroatoms. The van der Waals surface area contributed by atoms with Crippen LogP contribution in [0, 0.1) is 0 Å². The molecular formula is C15H20N4OS. The normalized spacial score (nSPS) is 13.0. The van der Waals surface area contributed by atoms with Gasteiger partial charge in [-0.05, 0) is 26.3 Å². The fourth-order valence-electron chi connectivity index (χ4n) is 1.97. The standard InChI is InChI=1S/C15H20N4OS/c1-10(16)9-12(20)17-14-19-18-13(21-14)15(2,3)11-7-5-4-6-8-11/h4-8,10H,9,16H2,1-3H3,(H,17,19,20). The summed E-state index contributed by atoms with van der Waals surface area (Å²) in [6, 6.07) is 9.95. The molecule has 1 aromatic heterocycles. The fourth-order valence-corrected chi connectivity index (χ4v) is 2.85. The van der Waals surface area contributed by atoms with Crippen LogP contribution in [0.5, 0.6) is 0 Å². The molecule has 0 spiro atoms. The highest BCUT2D eigenvalue weighted by atomic mass is 32.1. The second kappa shape index (κ2) is 6.32. The van der Waals surface area contributed by atoms with E-state index >= 15 is 0 Å². The zero-order valence-electron chi connectivity index (χ0n) is 12.5. The first kappa shape index (κ1) is 15.6. The van der Waals surface area contributed by atoms with Crippen molar-refractivity contribution in [3.8, 4) is 0 Å². The Morgan fingerprint density at radius 3 is 2.62 bits per heavy atom. The third-order valence-corrected chi connectivity index (χ3v) is 4.37. The van der Waals surface area contributed by atoms with Gasteiger partial charge in [-0.25, -0.2) is 0 Å². The molecule has 0 fully saturated rings. The highest BCUT2D eigenvalue weighted by Crippen LogP contribution is 2.34. The van der Waals surface area contributed by atoms with E-state index in [9.17, 15) is 4.79 Å². The second-order valence-corrected chi connectivity index (χ2v) is 6.61. The predicted octanol–water partition coefficient (Wildman–Crippen LogP) is 2.54. The topological polar surface area (TPSA) is 80.9 Å². The van der Waals surface area contributed by atoms with Crippen LogP contribution in [0.3, 0.4) is 0 Å². The fraction of sp³-hybridized carbons (Fsp3) is 0.400. The number of benzene rings is 1. The van der Waals surface area contributed by atoms with Crippen LogP contribution in [-0.2, 0) is 10.2 Å². The zero-order valence-corrected chi connectivity index (χ0v) is 13.3. The molecule has 1 atom stereocenters. The number of nitrogens with one attached hydrogen (secondary N) is 1. The van der Waals surface area contributed by atoms with Crippen molar-refractivity contribution in [2.75, 3.05) is 5.32 Å². The highest BCUT2D eigenvalue weighted by molar-refractivity contribution is 7.15. The minimum Gasteiger partial charge on any atom is -0.327 e. The lowest BCUT2D eigenvalue weighted by molar-refractivity contribution is -0.116. The van der Waals surface area contributed by atoms with Gasteiger partial charge in [0.25, 0.3) is 0 Å². The van der Waals surface area contributed by atoms with Crippen LogP contribution in [0.25, 0.3) is 0 Å². The highest BCUT2D eigenvalue weighted by Gasteiger charge is 2.27. The molecule has 1 heterocycles. The quantitative estimate of drug-likeness (QED) is 0.889. The maximum Gasteiger partial charge on any atom is 0.227 e. The summed E-state index contributed by atoms with van der Waals surface area (Å²) < 4.78 is 0. The molecule has 0 aliphatic carbocycles. The van der Waals surface area contributed by atoms with Gasteiger partial charge in [0.2, 0.25) is 11.0 Å². The van der Waals surface area contributed by atoms with Crippen LogP contribution in [0.1, 0.15) is 37.8 Å². The molecule has 0 radical (unpaired) electrons. The number of hydrogen-bond acceptors (Lipinski definition) is 5. The minimum absolute atomic E-state index is 0.134. The lowest BCUT2D eigenvalue weighted by atomic mass is 9.85. The first-order valence-corrected chi connectivity index (χ1v) is 7.66. The first-order chi connectivity index (χ1) is 9.89. The third kappa shape index (κ3) is 3.86.